The molecule has 0 aromatic heterocycles. The summed E-state index contributed by atoms with van der Waals surface area (Å²) in [6.45, 7) is 11.1. The van der Waals surface area contributed by atoms with Crippen LogP contribution in [-0.2, 0) is 0 Å². The molecule has 0 bridgehead atoms. The Labute approximate surface area is 105 Å². The number of ketones is 1. The number of hydrogen-bond donors (Lipinski definition) is 0. The van der Waals surface area contributed by atoms with Gasteiger partial charge in [0.1, 0.15) is 0 Å². The second-order valence-corrected chi connectivity index (χ2v) is 5.04. The molecule has 0 radical (unpaired) electrons. The van der Waals surface area contributed by atoms with Crippen LogP contribution in [-0.4, -0.2) is 30.3 Å². The topological polar surface area (TPSA) is 20.3 Å². The van der Waals surface area contributed by atoms with Crippen LogP contribution in [0.15, 0.2) is 30.3 Å². The zero-order valence-electron chi connectivity index (χ0n) is 11.4. The van der Waals surface area contributed by atoms with Crippen molar-refractivity contribution in [2.24, 2.45) is 5.41 Å². The van der Waals surface area contributed by atoms with E-state index < -0.39 is 0 Å². The molecule has 0 aliphatic rings. The molecular weight excluding hydrogens is 210 g/mol. The summed E-state index contributed by atoms with van der Waals surface area (Å²) in [4.78, 5) is 14.7. The lowest BCUT2D eigenvalue weighted by Gasteiger charge is -2.30. The fraction of sp³-hybridized carbons (Fsp3) is 0.533. The highest BCUT2D eigenvalue weighted by Gasteiger charge is 2.29. The molecular formula is C15H23NO. The van der Waals surface area contributed by atoms with E-state index in [1.165, 1.54) is 0 Å². The molecule has 0 saturated carbocycles. The first-order valence-corrected chi connectivity index (χ1v) is 6.33. The third kappa shape index (κ3) is 3.67. The first-order valence-electron chi connectivity index (χ1n) is 6.33. The minimum Gasteiger partial charge on any atom is -0.303 e. The average Bonchev–Trinajstić information content (AvgIpc) is 2.36. The molecule has 1 aromatic rings. The van der Waals surface area contributed by atoms with Gasteiger partial charge in [-0.2, -0.15) is 0 Å². The molecule has 1 rings (SSSR count). The van der Waals surface area contributed by atoms with Gasteiger partial charge in [-0.1, -0.05) is 58.0 Å². The van der Waals surface area contributed by atoms with E-state index in [0.29, 0.717) is 0 Å². The van der Waals surface area contributed by atoms with E-state index in [-0.39, 0.29) is 11.2 Å². The van der Waals surface area contributed by atoms with Gasteiger partial charge >= 0.3 is 0 Å². The van der Waals surface area contributed by atoms with Crippen molar-refractivity contribution in [1.29, 1.82) is 0 Å². The molecule has 0 aliphatic heterocycles. The number of nitrogens with zero attached hydrogens (tertiary/aromatic N) is 1. The summed E-state index contributed by atoms with van der Waals surface area (Å²) in [5, 5.41) is 0. The molecule has 0 amide bonds. The van der Waals surface area contributed by atoms with E-state index in [0.717, 1.165) is 25.2 Å². The first-order chi connectivity index (χ1) is 8.01. The van der Waals surface area contributed by atoms with Crippen LogP contribution in [0.5, 0.6) is 0 Å². The second-order valence-electron chi connectivity index (χ2n) is 5.04. The van der Waals surface area contributed by atoms with E-state index in [9.17, 15) is 4.79 Å². The molecule has 2 nitrogen and oxygen atoms in total. The van der Waals surface area contributed by atoms with E-state index >= 15 is 0 Å². The van der Waals surface area contributed by atoms with Crippen LogP contribution in [0.25, 0.3) is 0 Å². The Morgan fingerprint density at radius 2 is 1.65 bits per heavy atom. The van der Waals surface area contributed by atoms with Crippen LogP contribution < -0.4 is 0 Å². The quantitative estimate of drug-likeness (QED) is 0.703. The number of benzene rings is 1. The van der Waals surface area contributed by atoms with Crippen molar-refractivity contribution in [3.63, 3.8) is 0 Å². The maximum atomic E-state index is 12.4. The highest BCUT2D eigenvalue weighted by atomic mass is 16.1. The van der Waals surface area contributed by atoms with Crippen molar-refractivity contribution < 1.29 is 4.79 Å². The Morgan fingerprint density at radius 3 is 2.12 bits per heavy atom. The lowest BCUT2D eigenvalue weighted by atomic mass is 9.83. The smallest absolute Gasteiger partial charge is 0.169 e. The van der Waals surface area contributed by atoms with Gasteiger partial charge < -0.3 is 4.90 Å². The Morgan fingerprint density at radius 1 is 1.12 bits per heavy atom. The molecule has 1 aromatic carbocycles. The summed E-state index contributed by atoms with van der Waals surface area (Å²) in [6, 6.07) is 9.56. The molecule has 2 heteroatoms. The van der Waals surface area contributed by atoms with Crippen LogP contribution in [0.4, 0.5) is 0 Å². The Hall–Kier alpha value is -1.15. The van der Waals surface area contributed by atoms with E-state index in [1.807, 2.05) is 44.2 Å². The SMILES string of the molecule is CCN(CC)CC(C)(C)C(=O)c1ccccc1. The van der Waals surface area contributed by atoms with E-state index in [2.05, 4.69) is 18.7 Å². The molecule has 0 heterocycles. The molecule has 94 valence electrons. The predicted molar refractivity (Wildman–Crippen MR) is 72.3 cm³/mol. The molecule has 0 unspecified atom stereocenters. The predicted octanol–water partition coefficient (Wildman–Crippen LogP) is 3.24. The van der Waals surface area contributed by atoms with Crippen LogP contribution in [0.2, 0.25) is 0 Å². The summed E-state index contributed by atoms with van der Waals surface area (Å²) in [6.07, 6.45) is 0. The highest BCUT2D eigenvalue weighted by Crippen LogP contribution is 2.23. The lowest BCUT2D eigenvalue weighted by Crippen LogP contribution is -2.39. The number of carbonyl (C=O) groups excluding carboxylic acids is 1. The minimum atomic E-state index is -0.326. The molecule has 0 fully saturated rings. The lowest BCUT2D eigenvalue weighted by molar-refractivity contribution is 0.0773. The second kappa shape index (κ2) is 5.97. The molecule has 0 spiro atoms. The Balaban J connectivity index is 2.80. The first kappa shape index (κ1) is 13.9. The van der Waals surface area contributed by atoms with Gasteiger partial charge in [0, 0.05) is 17.5 Å². The van der Waals surface area contributed by atoms with Crippen molar-refractivity contribution in [3.8, 4) is 0 Å². The van der Waals surface area contributed by atoms with Crippen LogP contribution >= 0.6 is 0 Å². The third-order valence-electron chi connectivity index (χ3n) is 3.16. The summed E-state index contributed by atoms with van der Waals surface area (Å²) in [7, 11) is 0. The largest absolute Gasteiger partial charge is 0.303 e. The normalized spacial score (nSPS) is 11.8. The van der Waals surface area contributed by atoms with Gasteiger partial charge in [-0.25, -0.2) is 0 Å². The van der Waals surface area contributed by atoms with Crippen LogP contribution in [0.1, 0.15) is 38.1 Å². The van der Waals surface area contributed by atoms with Crippen molar-refractivity contribution in [2.75, 3.05) is 19.6 Å². The highest BCUT2D eigenvalue weighted by molar-refractivity contribution is 6.00. The summed E-state index contributed by atoms with van der Waals surface area (Å²) in [5.74, 6) is 0.227. The van der Waals surface area contributed by atoms with Gasteiger partial charge in [0.15, 0.2) is 5.78 Å². The maximum absolute atomic E-state index is 12.4. The summed E-state index contributed by atoms with van der Waals surface area (Å²) in [5.41, 5.74) is 0.484. The van der Waals surface area contributed by atoms with Crippen LogP contribution in [0.3, 0.4) is 0 Å². The van der Waals surface area contributed by atoms with Crippen molar-refractivity contribution >= 4 is 5.78 Å². The number of Topliss-reactive ketones (excluding diaryl/α,β-unsaturated/α-hetero) is 1. The summed E-state index contributed by atoms with van der Waals surface area (Å²) < 4.78 is 0. The fourth-order valence-electron chi connectivity index (χ4n) is 2.06. The maximum Gasteiger partial charge on any atom is 0.169 e. The average molecular weight is 233 g/mol. The molecule has 0 atom stereocenters. The standard InChI is InChI=1S/C15H23NO/c1-5-16(6-2)12-15(3,4)14(17)13-10-8-7-9-11-13/h7-11H,5-6,12H2,1-4H3. The number of hydrogen-bond acceptors (Lipinski definition) is 2. The van der Waals surface area contributed by atoms with Crippen molar-refractivity contribution in [2.45, 2.75) is 27.7 Å². The molecule has 0 aliphatic carbocycles. The third-order valence-corrected chi connectivity index (χ3v) is 3.16. The van der Waals surface area contributed by atoms with Gasteiger partial charge in [-0.3, -0.25) is 4.79 Å². The van der Waals surface area contributed by atoms with Gasteiger partial charge in [0.25, 0.3) is 0 Å². The number of rotatable bonds is 6. The molecule has 0 N–H and O–H groups in total. The summed E-state index contributed by atoms with van der Waals surface area (Å²) >= 11 is 0. The minimum absolute atomic E-state index is 0.227. The molecule has 17 heavy (non-hydrogen) atoms. The molecule has 0 saturated heterocycles. The van der Waals surface area contributed by atoms with Gasteiger partial charge in [-0.05, 0) is 13.1 Å². The van der Waals surface area contributed by atoms with E-state index in [1.54, 1.807) is 0 Å². The number of carbonyl (C=O) groups is 1. The Kier molecular flexibility index (Phi) is 4.88. The van der Waals surface area contributed by atoms with Crippen molar-refractivity contribution in [3.05, 3.63) is 35.9 Å². The zero-order chi connectivity index (χ0) is 12.9. The zero-order valence-corrected chi connectivity index (χ0v) is 11.4. The monoisotopic (exact) mass is 233 g/mol. The van der Waals surface area contributed by atoms with Gasteiger partial charge in [0.2, 0.25) is 0 Å². The fourth-order valence-corrected chi connectivity index (χ4v) is 2.06. The van der Waals surface area contributed by atoms with Crippen molar-refractivity contribution in [1.82, 2.24) is 4.90 Å². The van der Waals surface area contributed by atoms with Gasteiger partial charge in [-0.15, -0.1) is 0 Å². The van der Waals surface area contributed by atoms with Gasteiger partial charge in [0.05, 0.1) is 0 Å². The Bertz CT molecular complexity index is 352. The van der Waals surface area contributed by atoms with E-state index in [4.69, 9.17) is 0 Å². The van der Waals surface area contributed by atoms with Crippen LogP contribution in [0, 0.1) is 5.41 Å².